The molecule has 0 fully saturated rings. The van der Waals surface area contributed by atoms with E-state index in [0.29, 0.717) is 0 Å². The van der Waals surface area contributed by atoms with E-state index in [2.05, 4.69) is 15.9 Å². The van der Waals surface area contributed by atoms with Crippen LogP contribution in [0.5, 0.6) is 0 Å². The van der Waals surface area contributed by atoms with Gasteiger partial charge >= 0.3 is 58.4 Å². The van der Waals surface area contributed by atoms with Crippen LogP contribution in [0, 0.1) is 5.82 Å². The predicted octanol–water partition coefficient (Wildman–Crippen LogP) is -0.353. The number of rotatable bonds is 1. The first kappa shape index (κ1) is 14.1. The van der Waals surface area contributed by atoms with E-state index in [1.807, 2.05) is 0 Å². The molecule has 0 aliphatic heterocycles. The van der Waals surface area contributed by atoms with Crippen LogP contribution >= 0.6 is 15.9 Å². The van der Waals surface area contributed by atoms with E-state index >= 15 is 0 Å². The Hall–Kier alpha value is 1.12. The molecule has 7 heteroatoms. The number of hydrogen-bond donors (Lipinski definition) is 0. The molecule has 0 atom stereocenters. The van der Waals surface area contributed by atoms with Crippen molar-refractivity contribution < 1.29 is 68.7 Å². The fourth-order valence-electron chi connectivity index (χ4n) is 0.773. The summed E-state index contributed by atoms with van der Waals surface area (Å²) in [5, 5.41) is 0. The van der Waals surface area contributed by atoms with E-state index < -0.39 is 18.3 Å². The second-order valence-corrected chi connectivity index (χ2v) is 3.07. The van der Waals surface area contributed by atoms with Gasteiger partial charge in [-0.3, -0.25) is 0 Å². The zero-order valence-electron chi connectivity index (χ0n) is 6.70. The molecule has 0 unspecified atom stereocenters. The second-order valence-electron chi connectivity index (χ2n) is 2.22. The largest absolute Gasteiger partial charge is 1.00 e. The van der Waals surface area contributed by atoms with Gasteiger partial charge in [0.05, 0.1) is 4.47 Å². The summed E-state index contributed by atoms with van der Waals surface area (Å²) in [5.74, 6) is -1.25. The van der Waals surface area contributed by atoms with Gasteiger partial charge in [0.15, 0.2) is 0 Å². The van der Waals surface area contributed by atoms with Crippen molar-refractivity contribution in [3.05, 3.63) is 28.5 Å². The van der Waals surface area contributed by atoms with Crippen molar-refractivity contribution in [1.82, 2.24) is 0 Å². The summed E-state index contributed by atoms with van der Waals surface area (Å²) in [5.41, 5.74) is -1.19. The zero-order valence-corrected chi connectivity index (χ0v) is 11.4. The molecule has 0 aliphatic carbocycles. The molecule has 1 rings (SSSR count). The second kappa shape index (κ2) is 5.27. The van der Waals surface area contributed by atoms with Crippen LogP contribution in [0.1, 0.15) is 0 Å². The van der Waals surface area contributed by atoms with Crippen molar-refractivity contribution in [2.75, 3.05) is 0 Å². The van der Waals surface area contributed by atoms with Crippen LogP contribution in [0.4, 0.5) is 17.3 Å². The third-order valence-electron chi connectivity index (χ3n) is 1.33. The molecule has 0 saturated heterocycles. The van der Waals surface area contributed by atoms with E-state index in [1.54, 1.807) is 0 Å². The molecule has 0 aromatic heterocycles. The molecule has 13 heavy (non-hydrogen) atoms. The molecule has 0 nitrogen and oxygen atoms in total. The quantitative estimate of drug-likeness (QED) is 0.487. The Morgan fingerprint density at radius 2 is 1.69 bits per heavy atom. The molecule has 0 spiro atoms. The summed E-state index contributed by atoms with van der Waals surface area (Å²) in [7, 11) is 0. The average molecular weight is 281 g/mol. The molecular formula is C6H3BBrF4K. The molecule has 0 N–H and O–H groups in total. The summed E-state index contributed by atoms with van der Waals surface area (Å²) in [6, 6.07) is 3.10. The third-order valence-corrected chi connectivity index (χ3v) is 1.95. The van der Waals surface area contributed by atoms with Crippen molar-refractivity contribution in [3.63, 3.8) is 0 Å². The van der Waals surface area contributed by atoms with Crippen LogP contribution in [0.15, 0.2) is 22.7 Å². The van der Waals surface area contributed by atoms with Gasteiger partial charge in [0.1, 0.15) is 5.82 Å². The minimum Gasteiger partial charge on any atom is -0.445 e. The van der Waals surface area contributed by atoms with Crippen molar-refractivity contribution in [3.8, 4) is 0 Å². The fourth-order valence-corrected chi connectivity index (χ4v) is 1.15. The van der Waals surface area contributed by atoms with Crippen LogP contribution in [0.3, 0.4) is 0 Å². The molecule has 1 aromatic rings. The molecule has 0 radical (unpaired) electrons. The van der Waals surface area contributed by atoms with Gasteiger partial charge in [-0.1, -0.05) is 17.6 Å². The number of halogens is 5. The Labute approximate surface area is 124 Å². The smallest absolute Gasteiger partial charge is 0.445 e. The van der Waals surface area contributed by atoms with Gasteiger partial charge in [0.2, 0.25) is 0 Å². The van der Waals surface area contributed by atoms with Crippen molar-refractivity contribution >= 4 is 28.4 Å². The van der Waals surface area contributed by atoms with Gasteiger partial charge in [-0.2, -0.15) is 0 Å². The third kappa shape index (κ3) is 3.64. The topological polar surface area (TPSA) is 0 Å². The maximum Gasteiger partial charge on any atom is 1.00 e. The minimum atomic E-state index is -5.25. The molecule has 0 amide bonds. The maximum atomic E-state index is 12.7. The molecular weight excluding hydrogens is 278 g/mol. The van der Waals surface area contributed by atoms with E-state index in [1.165, 1.54) is 6.07 Å². The fraction of sp³-hybridized carbons (Fsp3) is 0. The Morgan fingerprint density at radius 1 is 1.15 bits per heavy atom. The summed E-state index contributed by atoms with van der Waals surface area (Å²) in [6.45, 7) is -5.25. The van der Waals surface area contributed by atoms with Crippen LogP contribution in [0.25, 0.3) is 0 Å². The van der Waals surface area contributed by atoms with Crippen LogP contribution in [-0.4, -0.2) is 6.98 Å². The van der Waals surface area contributed by atoms with Crippen molar-refractivity contribution in [1.29, 1.82) is 0 Å². The van der Waals surface area contributed by atoms with Crippen LogP contribution < -0.4 is 56.8 Å². The maximum absolute atomic E-state index is 12.7. The molecule has 0 bridgehead atoms. The van der Waals surface area contributed by atoms with Gasteiger partial charge in [0, 0.05) is 0 Å². The van der Waals surface area contributed by atoms with Gasteiger partial charge in [-0.25, -0.2) is 4.39 Å². The first-order valence-electron chi connectivity index (χ1n) is 3.07. The molecule has 66 valence electrons. The molecule has 0 heterocycles. The summed E-state index contributed by atoms with van der Waals surface area (Å²) >= 11 is 2.67. The summed E-state index contributed by atoms with van der Waals surface area (Å²) < 4.78 is 48.7. The standard InChI is InChI=1S/C6H3BBrF4.K/c8-5-3-1-2-4(6(5)9)7(10,11)12;/h1-3H;/q-1;+1. The van der Waals surface area contributed by atoms with Gasteiger partial charge < -0.3 is 12.9 Å². The zero-order chi connectivity index (χ0) is 9.35. The Kier molecular flexibility index (Phi) is 5.73. The molecule has 0 saturated carbocycles. The Balaban J connectivity index is 0.00000144. The minimum absolute atomic E-state index is 0. The first-order valence-corrected chi connectivity index (χ1v) is 3.86. The first-order chi connectivity index (χ1) is 5.43. The average Bonchev–Trinajstić information content (AvgIpc) is 1.92. The number of benzene rings is 1. The van der Waals surface area contributed by atoms with E-state index in [0.717, 1.165) is 12.1 Å². The summed E-state index contributed by atoms with van der Waals surface area (Å²) in [4.78, 5) is 0. The van der Waals surface area contributed by atoms with Gasteiger partial charge in [0.25, 0.3) is 0 Å². The van der Waals surface area contributed by atoms with E-state index in [4.69, 9.17) is 0 Å². The monoisotopic (exact) mass is 280 g/mol. The molecule has 1 aromatic carbocycles. The molecule has 0 aliphatic rings. The number of hydrogen-bond acceptors (Lipinski definition) is 0. The Morgan fingerprint density at radius 3 is 2.08 bits per heavy atom. The van der Waals surface area contributed by atoms with E-state index in [-0.39, 0.29) is 55.9 Å². The van der Waals surface area contributed by atoms with Crippen LogP contribution in [-0.2, 0) is 0 Å². The van der Waals surface area contributed by atoms with Gasteiger partial charge in [-0.15, -0.1) is 0 Å². The van der Waals surface area contributed by atoms with E-state index in [9.17, 15) is 17.3 Å². The SMILES string of the molecule is Fc1c(Br)cccc1[B-](F)(F)F.[K+]. The van der Waals surface area contributed by atoms with Crippen LogP contribution in [0.2, 0.25) is 0 Å². The Bertz CT molecular complexity index is 301. The van der Waals surface area contributed by atoms with Crippen molar-refractivity contribution in [2.24, 2.45) is 0 Å². The predicted molar refractivity (Wildman–Crippen MR) is 42.8 cm³/mol. The van der Waals surface area contributed by atoms with Crippen molar-refractivity contribution in [2.45, 2.75) is 0 Å². The summed E-state index contributed by atoms with van der Waals surface area (Å²) in [6.07, 6.45) is 0. The van der Waals surface area contributed by atoms with Gasteiger partial charge in [-0.05, 0) is 22.0 Å². The normalized spacial score (nSPS) is 10.8.